The summed E-state index contributed by atoms with van der Waals surface area (Å²) in [7, 11) is 1.57. The second kappa shape index (κ2) is 7.11. The highest BCUT2D eigenvalue weighted by atomic mass is 16.5. The Bertz CT molecular complexity index is 513. The van der Waals surface area contributed by atoms with Crippen molar-refractivity contribution >= 4 is 11.9 Å². The lowest BCUT2D eigenvalue weighted by molar-refractivity contribution is -0.139. The number of benzene rings is 1. The zero-order valence-corrected chi connectivity index (χ0v) is 13.0. The highest BCUT2D eigenvalue weighted by molar-refractivity contribution is 5.80. The summed E-state index contributed by atoms with van der Waals surface area (Å²) >= 11 is 0. The molecule has 0 fully saturated rings. The molecule has 5 heteroatoms. The quantitative estimate of drug-likeness (QED) is 0.808. The number of rotatable bonds is 7. The Morgan fingerprint density at radius 2 is 2.05 bits per heavy atom. The van der Waals surface area contributed by atoms with Crippen molar-refractivity contribution in [3.63, 3.8) is 0 Å². The third-order valence-electron chi connectivity index (χ3n) is 3.72. The van der Waals surface area contributed by atoms with Crippen molar-refractivity contribution in [2.24, 2.45) is 5.92 Å². The number of methoxy groups -OCH3 is 1. The fourth-order valence-electron chi connectivity index (χ4n) is 2.04. The van der Waals surface area contributed by atoms with Crippen LogP contribution in [0.3, 0.4) is 0 Å². The first-order chi connectivity index (χ1) is 9.76. The Labute approximate surface area is 125 Å². The molecule has 2 N–H and O–H groups in total. The molecular weight excluding hydrogens is 270 g/mol. The highest BCUT2D eigenvalue weighted by Crippen LogP contribution is 2.21. The molecule has 0 saturated carbocycles. The lowest BCUT2D eigenvalue weighted by atomic mass is 9.85. The number of carbonyl (C=O) groups is 2. The standard InChI is InChI=1S/C16H23NO4/c1-11(2)16(3,10-15(19)20)17-14(18)9-12-6-5-7-13(8-12)21-4/h5-8,11H,9-10H2,1-4H3,(H,17,18)(H,19,20). The summed E-state index contributed by atoms with van der Waals surface area (Å²) in [4.78, 5) is 23.1. The van der Waals surface area contributed by atoms with E-state index in [9.17, 15) is 9.59 Å². The number of amides is 1. The van der Waals surface area contributed by atoms with Crippen LogP contribution in [0, 0.1) is 5.92 Å². The zero-order valence-electron chi connectivity index (χ0n) is 13.0. The van der Waals surface area contributed by atoms with Gasteiger partial charge in [0.25, 0.3) is 0 Å². The molecule has 1 atom stereocenters. The molecular formula is C16H23NO4. The number of hydrogen-bond acceptors (Lipinski definition) is 3. The van der Waals surface area contributed by atoms with Gasteiger partial charge in [-0.1, -0.05) is 26.0 Å². The van der Waals surface area contributed by atoms with Gasteiger partial charge in [-0.2, -0.15) is 0 Å². The molecule has 0 aromatic heterocycles. The molecule has 0 bridgehead atoms. The number of nitrogens with one attached hydrogen (secondary N) is 1. The predicted octanol–water partition coefficient (Wildman–Crippen LogP) is 2.24. The van der Waals surface area contributed by atoms with Gasteiger partial charge in [0.05, 0.1) is 20.0 Å². The van der Waals surface area contributed by atoms with Gasteiger partial charge in [0, 0.05) is 5.54 Å². The average molecular weight is 293 g/mol. The molecule has 1 unspecified atom stereocenters. The fraction of sp³-hybridized carbons (Fsp3) is 0.500. The summed E-state index contributed by atoms with van der Waals surface area (Å²) in [6.45, 7) is 5.55. The van der Waals surface area contributed by atoms with Crippen LogP contribution in [-0.2, 0) is 16.0 Å². The molecule has 1 aromatic carbocycles. The Balaban J connectivity index is 2.76. The molecule has 1 rings (SSSR count). The van der Waals surface area contributed by atoms with Gasteiger partial charge in [0.2, 0.25) is 5.91 Å². The van der Waals surface area contributed by atoms with Crippen molar-refractivity contribution in [2.45, 2.75) is 39.2 Å². The molecule has 0 aliphatic heterocycles. The Hall–Kier alpha value is -2.04. The number of hydrogen-bond donors (Lipinski definition) is 2. The van der Waals surface area contributed by atoms with E-state index in [4.69, 9.17) is 9.84 Å². The Kier molecular flexibility index (Phi) is 5.76. The van der Waals surface area contributed by atoms with Crippen molar-refractivity contribution in [3.8, 4) is 5.75 Å². The van der Waals surface area contributed by atoms with Crippen LogP contribution in [0.25, 0.3) is 0 Å². The lowest BCUT2D eigenvalue weighted by Gasteiger charge is -2.33. The van der Waals surface area contributed by atoms with Gasteiger partial charge in [-0.3, -0.25) is 9.59 Å². The van der Waals surface area contributed by atoms with Crippen LogP contribution < -0.4 is 10.1 Å². The van der Waals surface area contributed by atoms with Crippen molar-refractivity contribution in [3.05, 3.63) is 29.8 Å². The van der Waals surface area contributed by atoms with Crippen LogP contribution in [0.15, 0.2) is 24.3 Å². The molecule has 1 amide bonds. The number of carbonyl (C=O) groups excluding carboxylic acids is 1. The van der Waals surface area contributed by atoms with Crippen LogP contribution in [0.1, 0.15) is 32.8 Å². The lowest BCUT2D eigenvalue weighted by Crippen LogP contribution is -2.51. The van der Waals surface area contributed by atoms with Crippen LogP contribution in [0.5, 0.6) is 5.75 Å². The minimum Gasteiger partial charge on any atom is -0.497 e. The molecule has 5 nitrogen and oxygen atoms in total. The third-order valence-corrected chi connectivity index (χ3v) is 3.72. The van der Waals surface area contributed by atoms with E-state index < -0.39 is 11.5 Å². The van der Waals surface area contributed by atoms with Crippen LogP contribution in [0.2, 0.25) is 0 Å². The van der Waals surface area contributed by atoms with E-state index in [1.807, 2.05) is 32.0 Å². The summed E-state index contributed by atoms with van der Waals surface area (Å²) in [6, 6.07) is 7.26. The van der Waals surface area contributed by atoms with Crippen LogP contribution >= 0.6 is 0 Å². The number of carboxylic acid groups (broad SMARTS) is 1. The zero-order chi connectivity index (χ0) is 16.0. The van der Waals surface area contributed by atoms with E-state index in [1.54, 1.807) is 20.1 Å². The van der Waals surface area contributed by atoms with Crippen LogP contribution in [0.4, 0.5) is 0 Å². The van der Waals surface area contributed by atoms with Crippen molar-refractivity contribution in [2.75, 3.05) is 7.11 Å². The Morgan fingerprint density at radius 1 is 1.38 bits per heavy atom. The monoisotopic (exact) mass is 293 g/mol. The predicted molar refractivity (Wildman–Crippen MR) is 80.3 cm³/mol. The van der Waals surface area contributed by atoms with Crippen molar-refractivity contribution in [1.29, 1.82) is 0 Å². The molecule has 0 heterocycles. The van der Waals surface area contributed by atoms with E-state index in [0.29, 0.717) is 5.75 Å². The van der Waals surface area contributed by atoms with E-state index in [1.165, 1.54) is 0 Å². The fourth-order valence-corrected chi connectivity index (χ4v) is 2.04. The molecule has 0 aliphatic rings. The normalized spacial score (nSPS) is 13.6. The topological polar surface area (TPSA) is 75.6 Å². The van der Waals surface area contributed by atoms with Gasteiger partial charge in [-0.05, 0) is 30.5 Å². The molecule has 0 radical (unpaired) electrons. The first-order valence-corrected chi connectivity index (χ1v) is 6.92. The summed E-state index contributed by atoms with van der Waals surface area (Å²) in [5, 5.41) is 11.9. The Morgan fingerprint density at radius 3 is 2.57 bits per heavy atom. The smallest absolute Gasteiger partial charge is 0.305 e. The summed E-state index contributed by atoms with van der Waals surface area (Å²) < 4.78 is 5.12. The maximum atomic E-state index is 12.2. The third kappa shape index (κ3) is 5.10. The van der Waals surface area contributed by atoms with Gasteiger partial charge in [-0.15, -0.1) is 0 Å². The van der Waals surface area contributed by atoms with Gasteiger partial charge < -0.3 is 15.2 Å². The van der Waals surface area contributed by atoms with Gasteiger partial charge in [0.15, 0.2) is 0 Å². The minimum atomic E-state index is -0.923. The molecule has 21 heavy (non-hydrogen) atoms. The van der Waals surface area contributed by atoms with E-state index in [2.05, 4.69) is 5.32 Å². The first-order valence-electron chi connectivity index (χ1n) is 6.92. The molecule has 1 aromatic rings. The number of ether oxygens (including phenoxy) is 1. The SMILES string of the molecule is COc1cccc(CC(=O)NC(C)(CC(=O)O)C(C)C)c1. The summed E-state index contributed by atoms with van der Waals surface area (Å²) in [5.41, 5.74) is 0.0650. The second-order valence-electron chi connectivity index (χ2n) is 5.72. The van der Waals surface area contributed by atoms with Crippen molar-refractivity contribution < 1.29 is 19.4 Å². The van der Waals surface area contributed by atoms with E-state index in [0.717, 1.165) is 5.56 Å². The van der Waals surface area contributed by atoms with Crippen LogP contribution in [-0.4, -0.2) is 29.6 Å². The molecule has 116 valence electrons. The molecule has 0 saturated heterocycles. The maximum Gasteiger partial charge on any atom is 0.305 e. The molecule has 0 spiro atoms. The average Bonchev–Trinajstić information content (AvgIpc) is 2.37. The minimum absolute atomic E-state index is 0.0165. The van der Waals surface area contributed by atoms with Gasteiger partial charge in [-0.25, -0.2) is 0 Å². The largest absolute Gasteiger partial charge is 0.497 e. The molecule has 0 aliphatic carbocycles. The summed E-state index contributed by atoms with van der Waals surface area (Å²) in [6.07, 6.45) is 0.0909. The van der Waals surface area contributed by atoms with Crippen molar-refractivity contribution in [1.82, 2.24) is 5.32 Å². The maximum absolute atomic E-state index is 12.2. The second-order valence-corrected chi connectivity index (χ2v) is 5.72. The number of carboxylic acids is 1. The highest BCUT2D eigenvalue weighted by Gasteiger charge is 2.32. The summed E-state index contributed by atoms with van der Waals surface area (Å²) in [5.74, 6) is -0.408. The first kappa shape index (κ1) is 17.0. The van der Waals surface area contributed by atoms with E-state index >= 15 is 0 Å². The van der Waals surface area contributed by atoms with E-state index in [-0.39, 0.29) is 24.7 Å². The van der Waals surface area contributed by atoms with Gasteiger partial charge in [0.1, 0.15) is 5.75 Å². The van der Waals surface area contributed by atoms with Gasteiger partial charge >= 0.3 is 5.97 Å². The number of aliphatic carboxylic acids is 1.